The van der Waals surface area contributed by atoms with Gasteiger partial charge in [0.1, 0.15) is 19.0 Å². The molecule has 5 aromatic rings. The summed E-state index contributed by atoms with van der Waals surface area (Å²) in [7, 11) is 4.66. The van der Waals surface area contributed by atoms with Crippen molar-refractivity contribution in [2.24, 2.45) is 9.98 Å². The molecule has 0 radical (unpaired) electrons. The molecule has 56 heavy (non-hydrogen) atoms. The number of benzene rings is 4. The third-order valence-corrected chi connectivity index (χ3v) is 10.8. The summed E-state index contributed by atoms with van der Waals surface area (Å²) < 4.78 is 29.5. The summed E-state index contributed by atoms with van der Waals surface area (Å²) in [5.74, 6) is 2.02. The smallest absolute Gasteiger partial charge is 0.257 e. The number of aliphatic imine (C=N–C) groups is 2. The van der Waals surface area contributed by atoms with Crippen LogP contribution in [-0.2, 0) is 39.1 Å². The van der Waals surface area contributed by atoms with Crippen LogP contribution in [0.4, 0.5) is 11.4 Å². The number of pyridine rings is 1. The Hall–Kier alpha value is -6.69. The maximum atomic E-state index is 13.8. The number of rotatable bonds is 9. The summed E-state index contributed by atoms with van der Waals surface area (Å²) in [6.07, 6.45) is 5.10. The molecule has 4 aliphatic rings. The van der Waals surface area contributed by atoms with Gasteiger partial charge in [0.2, 0.25) is 0 Å². The minimum Gasteiger partial charge on any atom is -0.497 e. The van der Waals surface area contributed by atoms with E-state index in [1.165, 1.54) is 11.1 Å². The van der Waals surface area contributed by atoms with Crippen molar-refractivity contribution >= 4 is 35.6 Å². The van der Waals surface area contributed by atoms with Gasteiger partial charge in [-0.15, -0.1) is 0 Å². The first-order valence-electron chi connectivity index (χ1n) is 18.5. The van der Waals surface area contributed by atoms with E-state index in [-0.39, 0.29) is 37.1 Å². The zero-order valence-corrected chi connectivity index (χ0v) is 31.2. The molecule has 0 saturated heterocycles. The maximum Gasteiger partial charge on any atom is 0.257 e. The van der Waals surface area contributed by atoms with Gasteiger partial charge in [0.15, 0.2) is 23.0 Å². The van der Waals surface area contributed by atoms with Crippen LogP contribution in [0.3, 0.4) is 0 Å². The van der Waals surface area contributed by atoms with E-state index in [9.17, 15) is 9.59 Å². The third kappa shape index (κ3) is 6.46. The second kappa shape index (κ2) is 14.5. The van der Waals surface area contributed by atoms with Crippen LogP contribution in [0.15, 0.2) is 94.9 Å². The van der Waals surface area contributed by atoms with Gasteiger partial charge in [-0.1, -0.05) is 48.5 Å². The molecule has 12 nitrogen and oxygen atoms in total. The van der Waals surface area contributed by atoms with E-state index in [0.29, 0.717) is 88.6 Å². The molecule has 1 aromatic heterocycles. The number of amides is 2. The SMILES string of the molecule is COc1cc(COc2cc3c(cc2OC)C(=O)N2Cc4ccccc4C[C@H]2C=N3)nc(COc2cc3c(cc2OC)C(=O)N2Cc4ccccc4C[C@H]2C=N3)c1. The van der Waals surface area contributed by atoms with E-state index >= 15 is 0 Å². The van der Waals surface area contributed by atoms with Crippen LogP contribution < -0.4 is 23.7 Å². The first-order valence-corrected chi connectivity index (χ1v) is 18.5. The Morgan fingerprint density at radius 3 is 1.45 bits per heavy atom. The Balaban J connectivity index is 0.925. The molecule has 12 heteroatoms. The van der Waals surface area contributed by atoms with E-state index in [1.54, 1.807) is 57.7 Å². The first-order chi connectivity index (χ1) is 27.4. The van der Waals surface area contributed by atoms with Gasteiger partial charge < -0.3 is 33.5 Å². The number of hydrogen-bond donors (Lipinski definition) is 0. The molecule has 0 saturated carbocycles. The maximum absolute atomic E-state index is 13.8. The van der Waals surface area contributed by atoms with Crippen LogP contribution in [0.25, 0.3) is 0 Å². The highest BCUT2D eigenvalue weighted by Crippen LogP contribution is 2.40. The fraction of sp³-hybridized carbons (Fsp3) is 0.250. The highest BCUT2D eigenvalue weighted by Gasteiger charge is 2.35. The van der Waals surface area contributed by atoms with Gasteiger partial charge in [0.05, 0.1) is 67.3 Å². The number of hydrogen-bond acceptors (Lipinski definition) is 10. The average Bonchev–Trinajstić information content (AvgIpc) is 3.45. The van der Waals surface area contributed by atoms with Crippen molar-refractivity contribution < 1.29 is 33.3 Å². The number of ether oxygens (including phenoxy) is 5. The Bertz CT molecular complexity index is 2280. The molecule has 0 aliphatic carbocycles. The molecular formula is C44H39N5O7. The monoisotopic (exact) mass is 749 g/mol. The minimum absolute atomic E-state index is 0.0710. The van der Waals surface area contributed by atoms with Crippen LogP contribution in [0.2, 0.25) is 0 Å². The minimum atomic E-state index is -0.149. The summed E-state index contributed by atoms with van der Waals surface area (Å²) in [5.41, 5.74) is 7.82. The zero-order chi connectivity index (χ0) is 38.3. The molecule has 0 N–H and O–H groups in total. The largest absolute Gasteiger partial charge is 0.497 e. The summed E-state index contributed by atoms with van der Waals surface area (Å²) in [4.78, 5) is 45.7. The predicted octanol–water partition coefficient (Wildman–Crippen LogP) is 6.83. The lowest BCUT2D eigenvalue weighted by molar-refractivity contribution is 0.0696. The third-order valence-electron chi connectivity index (χ3n) is 10.8. The zero-order valence-electron chi connectivity index (χ0n) is 31.2. The fourth-order valence-electron chi connectivity index (χ4n) is 7.84. The molecule has 0 spiro atoms. The van der Waals surface area contributed by atoms with Gasteiger partial charge >= 0.3 is 0 Å². The van der Waals surface area contributed by atoms with E-state index in [0.717, 1.165) is 11.1 Å². The van der Waals surface area contributed by atoms with Crippen molar-refractivity contribution in [3.05, 3.63) is 130 Å². The Labute approximate surface area is 324 Å². The summed E-state index contributed by atoms with van der Waals surface area (Å²) in [5, 5.41) is 0. The van der Waals surface area contributed by atoms with Crippen molar-refractivity contribution in [2.45, 2.75) is 51.2 Å². The van der Waals surface area contributed by atoms with Crippen LogP contribution >= 0.6 is 0 Å². The lowest BCUT2D eigenvalue weighted by Crippen LogP contribution is -2.44. The van der Waals surface area contributed by atoms with E-state index in [2.05, 4.69) is 24.3 Å². The van der Waals surface area contributed by atoms with Gasteiger partial charge in [-0.05, 0) is 47.2 Å². The number of carbonyl (C=O) groups is 2. The van der Waals surface area contributed by atoms with Crippen molar-refractivity contribution in [2.75, 3.05) is 21.3 Å². The van der Waals surface area contributed by atoms with Crippen LogP contribution in [0.5, 0.6) is 28.7 Å². The van der Waals surface area contributed by atoms with E-state index < -0.39 is 0 Å². The summed E-state index contributed by atoms with van der Waals surface area (Å²) in [6.45, 7) is 1.17. The molecule has 4 aliphatic heterocycles. The first kappa shape index (κ1) is 35.0. The molecular weight excluding hydrogens is 711 g/mol. The lowest BCUT2D eigenvalue weighted by Gasteiger charge is -2.34. The van der Waals surface area contributed by atoms with Crippen LogP contribution in [0, 0.1) is 0 Å². The van der Waals surface area contributed by atoms with Crippen LogP contribution in [0.1, 0.15) is 54.4 Å². The second-order valence-corrected chi connectivity index (χ2v) is 14.1. The highest BCUT2D eigenvalue weighted by atomic mass is 16.5. The van der Waals surface area contributed by atoms with Crippen LogP contribution in [-0.4, -0.2) is 72.4 Å². The predicted molar refractivity (Wildman–Crippen MR) is 209 cm³/mol. The number of carbonyl (C=O) groups excluding carboxylic acids is 2. The number of fused-ring (bicyclic) bond motifs is 6. The molecule has 0 unspecified atom stereocenters. The lowest BCUT2D eigenvalue weighted by atomic mass is 9.94. The summed E-state index contributed by atoms with van der Waals surface area (Å²) >= 11 is 0. The molecule has 9 rings (SSSR count). The normalized spacial score (nSPS) is 17.6. The molecule has 5 heterocycles. The molecule has 0 fully saturated rings. The van der Waals surface area contributed by atoms with Gasteiger partial charge in [-0.25, -0.2) is 0 Å². The van der Waals surface area contributed by atoms with Gasteiger partial charge in [-0.3, -0.25) is 24.6 Å². The molecule has 4 aromatic carbocycles. The topological polar surface area (TPSA) is 124 Å². The number of methoxy groups -OCH3 is 3. The molecule has 282 valence electrons. The Morgan fingerprint density at radius 2 is 1.02 bits per heavy atom. The molecule has 0 bridgehead atoms. The number of aromatic nitrogens is 1. The average molecular weight is 750 g/mol. The van der Waals surface area contributed by atoms with Crippen molar-refractivity contribution in [3.8, 4) is 28.7 Å². The second-order valence-electron chi connectivity index (χ2n) is 14.1. The molecule has 2 atom stereocenters. The number of nitrogens with zero attached hydrogens (tertiary/aromatic N) is 5. The van der Waals surface area contributed by atoms with Gasteiger partial charge in [0.25, 0.3) is 11.8 Å². The molecule has 2 amide bonds. The van der Waals surface area contributed by atoms with E-state index in [4.69, 9.17) is 38.7 Å². The highest BCUT2D eigenvalue weighted by molar-refractivity contribution is 6.04. The van der Waals surface area contributed by atoms with Gasteiger partial charge in [-0.2, -0.15) is 0 Å². The van der Waals surface area contributed by atoms with Crippen molar-refractivity contribution in [1.82, 2.24) is 14.8 Å². The Kier molecular flexibility index (Phi) is 9.08. The van der Waals surface area contributed by atoms with E-state index in [1.807, 2.05) is 46.5 Å². The standard InChI is InChI=1S/C44H39N5O7/c1-52-34-14-30(24-55-41-18-37-35(16-39(41)53-2)43(50)48-22-28-10-6-4-8-26(28)12-32(48)20-45-37)47-31(15-34)25-56-42-19-38-36(17-40(42)54-3)44(51)49-23-29-11-7-5-9-27(29)13-33(49)21-46-38/h4-11,14-21,32-33H,12-13,22-25H2,1-3H3/t32-,33-/m0/s1. The Morgan fingerprint density at radius 1 is 0.571 bits per heavy atom. The quantitative estimate of drug-likeness (QED) is 0.161. The van der Waals surface area contributed by atoms with Gasteiger partial charge in [0, 0.05) is 49.8 Å². The van der Waals surface area contributed by atoms with Crippen molar-refractivity contribution in [3.63, 3.8) is 0 Å². The summed E-state index contributed by atoms with van der Waals surface area (Å²) in [6, 6.07) is 26.5. The fourth-order valence-corrected chi connectivity index (χ4v) is 7.84. The van der Waals surface area contributed by atoms with Crippen molar-refractivity contribution in [1.29, 1.82) is 0 Å².